The zero-order valence-corrected chi connectivity index (χ0v) is 12.0. The van der Waals surface area contributed by atoms with E-state index in [1.807, 2.05) is 27.5 Å². The molecule has 0 aliphatic carbocycles. The first-order valence-corrected chi connectivity index (χ1v) is 6.89. The molecule has 1 heterocycles. The van der Waals surface area contributed by atoms with Crippen LogP contribution in [0.5, 0.6) is 0 Å². The van der Waals surface area contributed by atoms with Crippen molar-refractivity contribution in [3.05, 3.63) is 21.5 Å². The van der Waals surface area contributed by atoms with Gasteiger partial charge in [-0.25, -0.2) is 4.39 Å². The second kappa shape index (κ2) is 5.29. The normalized spacial score (nSPS) is 19.9. The molecule has 1 unspecified atom stereocenters. The van der Waals surface area contributed by atoms with Gasteiger partial charge in [0.15, 0.2) is 0 Å². The maximum atomic E-state index is 13.6. The van der Waals surface area contributed by atoms with Crippen LogP contribution in [0.2, 0.25) is 0 Å². The molecule has 1 aromatic rings. The zero-order valence-electron chi connectivity index (χ0n) is 9.83. The number of primary amides is 1. The van der Waals surface area contributed by atoms with Crippen LogP contribution in [0.3, 0.4) is 0 Å². The smallest absolute Gasteiger partial charge is 0.240 e. The SMILES string of the molecule is NC(=O)C1CCCCN1c1cc(F)c(I)cc1N. The average molecular weight is 363 g/mol. The number of nitrogens with zero attached hydrogens (tertiary/aromatic N) is 1. The Balaban J connectivity index is 2.39. The largest absolute Gasteiger partial charge is 0.397 e. The van der Waals surface area contributed by atoms with E-state index in [2.05, 4.69) is 0 Å². The van der Waals surface area contributed by atoms with Crippen molar-refractivity contribution in [1.82, 2.24) is 0 Å². The first-order valence-electron chi connectivity index (χ1n) is 5.81. The molecule has 0 spiro atoms. The molecule has 1 aromatic carbocycles. The Labute approximate surface area is 119 Å². The number of anilines is 2. The Morgan fingerprint density at radius 2 is 2.17 bits per heavy atom. The number of nitrogens with two attached hydrogens (primary N) is 2. The van der Waals surface area contributed by atoms with Crippen LogP contribution in [0.1, 0.15) is 19.3 Å². The lowest BCUT2D eigenvalue weighted by atomic mass is 10.0. The van der Waals surface area contributed by atoms with Crippen LogP contribution >= 0.6 is 22.6 Å². The number of carbonyl (C=O) groups is 1. The predicted molar refractivity (Wildman–Crippen MR) is 77.7 cm³/mol. The van der Waals surface area contributed by atoms with E-state index in [1.165, 1.54) is 6.07 Å². The lowest BCUT2D eigenvalue weighted by molar-refractivity contribution is -0.119. The summed E-state index contributed by atoms with van der Waals surface area (Å²) in [4.78, 5) is 13.3. The molecule has 4 N–H and O–H groups in total. The predicted octanol–water partition coefficient (Wildman–Crippen LogP) is 1.86. The van der Waals surface area contributed by atoms with Gasteiger partial charge in [0.2, 0.25) is 5.91 Å². The standard InChI is InChI=1S/C12H15FIN3O/c13-7-5-11(9(15)6-8(7)14)17-4-2-1-3-10(17)12(16)18/h5-6,10H,1-4,15H2,(H2,16,18). The highest BCUT2D eigenvalue weighted by atomic mass is 127. The van der Waals surface area contributed by atoms with Gasteiger partial charge in [-0.15, -0.1) is 0 Å². The molecule has 4 nitrogen and oxygen atoms in total. The molecule has 98 valence electrons. The van der Waals surface area contributed by atoms with Gasteiger partial charge < -0.3 is 16.4 Å². The summed E-state index contributed by atoms with van der Waals surface area (Å²) in [6, 6.07) is 2.58. The van der Waals surface area contributed by atoms with Crippen molar-refractivity contribution >= 4 is 39.9 Å². The van der Waals surface area contributed by atoms with Gasteiger partial charge in [0.1, 0.15) is 11.9 Å². The molecule has 1 aliphatic rings. The highest BCUT2D eigenvalue weighted by molar-refractivity contribution is 14.1. The van der Waals surface area contributed by atoms with E-state index in [0.717, 1.165) is 12.8 Å². The Kier molecular flexibility index (Phi) is 3.94. The molecule has 2 rings (SSSR count). The number of benzene rings is 1. The van der Waals surface area contributed by atoms with E-state index < -0.39 is 0 Å². The fourth-order valence-corrected chi connectivity index (χ4v) is 2.81. The Bertz CT molecular complexity index is 481. The van der Waals surface area contributed by atoms with Gasteiger partial charge in [-0.2, -0.15) is 0 Å². The molecule has 1 saturated heterocycles. The molecule has 0 saturated carbocycles. The van der Waals surface area contributed by atoms with Crippen molar-refractivity contribution < 1.29 is 9.18 Å². The minimum absolute atomic E-state index is 0.325. The molecule has 1 aliphatic heterocycles. The van der Waals surface area contributed by atoms with Crippen LogP contribution in [-0.2, 0) is 4.79 Å². The third-order valence-electron chi connectivity index (χ3n) is 3.21. The third-order valence-corrected chi connectivity index (χ3v) is 4.04. The quantitative estimate of drug-likeness (QED) is 0.622. The fourth-order valence-electron chi connectivity index (χ4n) is 2.32. The topological polar surface area (TPSA) is 72.4 Å². The number of hydrogen-bond acceptors (Lipinski definition) is 3. The van der Waals surface area contributed by atoms with Crippen LogP contribution < -0.4 is 16.4 Å². The van der Waals surface area contributed by atoms with Crippen LogP contribution in [0.15, 0.2) is 12.1 Å². The second-order valence-corrected chi connectivity index (χ2v) is 5.59. The number of nitrogen functional groups attached to an aromatic ring is 1. The number of rotatable bonds is 2. The van der Waals surface area contributed by atoms with Crippen molar-refractivity contribution in [2.24, 2.45) is 5.73 Å². The van der Waals surface area contributed by atoms with E-state index in [1.54, 1.807) is 6.07 Å². The molecule has 1 fully saturated rings. The van der Waals surface area contributed by atoms with Gasteiger partial charge in [-0.05, 0) is 47.9 Å². The second-order valence-electron chi connectivity index (χ2n) is 4.43. The lowest BCUT2D eigenvalue weighted by Gasteiger charge is -2.36. The number of amides is 1. The van der Waals surface area contributed by atoms with Gasteiger partial charge in [0, 0.05) is 12.6 Å². The number of halogens is 2. The van der Waals surface area contributed by atoms with E-state index >= 15 is 0 Å². The van der Waals surface area contributed by atoms with Crippen molar-refractivity contribution in [2.75, 3.05) is 17.2 Å². The molecule has 0 bridgehead atoms. The van der Waals surface area contributed by atoms with E-state index in [-0.39, 0.29) is 17.8 Å². The van der Waals surface area contributed by atoms with Crippen molar-refractivity contribution in [1.29, 1.82) is 0 Å². The van der Waals surface area contributed by atoms with Crippen LogP contribution in [-0.4, -0.2) is 18.5 Å². The third kappa shape index (κ3) is 2.52. The van der Waals surface area contributed by atoms with Crippen LogP contribution in [0.25, 0.3) is 0 Å². The fraction of sp³-hybridized carbons (Fsp3) is 0.417. The Morgan fingerprint density at radius 3 is 2.83 bits per heavy atom. The molecule has 1 amide bonds. The summed E-state index contributed by atoms with van der Waals surface area (Å²) in [7, 11) is 0. The Morgan fingerprint density at radius 1 is 1.44 bits per heavy atom. The molecule has 18 heavy (non-hydrogen) atoms. The summed E-state index contributed by atoms with van der Waals surface area (Å²) in [6.45, 7) is 0.678. The molecule has 0 aromatic heterocycles. The first kappa shape index (κ1) is 13.4. The molecule has 0 radical (unpaired) electrons. The highest BCUT2D eigenvalue weighted by Gasteiger charge is 2.28. The summed E-state index contributed by atoms with van der Waals surface area (Å²) in [5, 5.41) is 0. The first-order chi connectivity index (χ1) is 8.50. The van der Waals surface area contributed by atoms with Crippen molar-refractivity contribution in [3.63, 3.8) is 0 Å². The molecule has 1 atom stereocenters. The van der Waals surface area contributed by atoms with E-state index in [9.17, 15) is 9.18 Å². The van der Waals surface area contributed by atoms with Gasteiger partial charge in [-0.3, -0.25) is 4.79 Å². The number of piperidine rings is 1. The average Bonchev–Trinajstić information content (AvgIpc) is 2.34. The van der Waals surface area contributed by atoms with Crippen LogP contribution in [0, 0.1) is 9.39 Å². The van der Waals surface area contributed by atoms with Crippen LogP contribution in [0.4, 0.5) is 15.8 Å². The number of carbonyl (C=O) groups excluding carboxylic acids is 1. The lowest BCUT2D eigenvalue weighted by Crippen LogP contribution is -2.48. The summed E-state index contributed by atoms with van der Waals surface area (Å²) in [5.74, 6) is -0.707. The van der Waals surface area contributed by atoms with Crippen molar-refractivity contribution in [2.45, 2.75) is 25.3 Å². The van der Waals surface area contributed by atoms with E-state index in [0.29, 0.717) is 27.9 Å². The van der Waals surface area contributed by atoms with Gasteiger partial charge >= 0.3 is 0 Å². The Hall–Kier alpha value is -1.05. The van der Waals surface area contributed by atoms with Gasteiger partial charge in [0.05, 0.1) is 14.9 Å². The molecular formula is C12H15FIN3O. The zero-order chi connectivity index (χ0) is 13.3. The van der Waals surface area contributed by atoms with E-state index in [4.69, 9.17) is 11.5 Å². The highest BCUT2D eigenvalue weighted by Crippen LogP contribution is 2.32. The minimum atomic E-state index is -0.388. The maximum absolute atomic E-state index is 13.6. The minimum Gasteiger partial charge on any atom is -0.397 e. The van der Waals surface area contributed by atoms with Crippen molar-refractivity contribution in [3.8, 4) is 0 Å². The molecular weight excluding hydrogens is 348 g/mol. The molecule has 6 heteroatoms. The van der Waals surface area contributed by atoms with Gasteiger partial charge in [-0.1, -0.05) is 0 Å². The monoisotopic (exact) mass is 363 g/mol. The maximum Gasteiger partial charge on any atom is 0.240 e. The summed E-state index contributed by atoms with van der Waals surface area (Å²) < 4.78 is 14.1. The van der Waals surface area contributed by atoms with Gasteiger partial charge in [0.25, 0.3) is 0 Å². The summed E-state index contributed by atoms with van der Waals surface area (Å²) in [5.41, 5.74) is 12.4. The summed E-state index contributed by atoms with van der Waals surface area (Å²) in [6.07, 6.45) is 2.61. The number of hydrogen-bond donors (Lipinski definition) is 2. The summed E-state index contributed by atoms with van der Waals surface area (Å²) >= 11 is 1.89.